The van der Waals surface area contributed by atoms with Gasteiger partial charge in [-0.15, -0.1) is 0 Å². The highest BCUT2D eigenvalue weighted by atomic mass is 79.9. The number of carboxylic acid groups (broad SMARTS) is 1. The molecule has 1 rings (SSSR count). The van der Waals surface area contributed by atoms with Gasteiger partial charge in [0.1, 0.15) is 6.04 Å². The third kappa shape index (κ3) is 4.20. The molecule has 0 radical (unpaired) electrons. The van der Waals surface area contributed by atoms with Crippen LogP contribution in [0.25, 0.3) is 0 Å². The van der Waals surface area contributed by atoms with Crippen LogP contribution in [-0.4, -0.2) is 29.0 Å². The van der Waals surface area contributed by atoms with E-state index in [4.69, 9.17) is 10.8 Å². The highest BCUT2D eigenvalue weighted by molar-refractivity contribution is 9.09. The van der Waals surface area contributed by atoms with Gasteiger partial charge in [0.25, 0.3) is 0 Å². The third-order valence-corrected chi connectivity index (χ3v) is 2.55. The van der Waals surface area contributed by atoms with Crippen molar-refractivity contribution < 1.29 is 9.90 Å². The molecule has 0 bridgehead atoms. The molecule has 4 nitrogen and oxygen atoms in total. The van der Waals surface area contributed by atoms with Gasteiger partial charge in [-0.25, -0.2) is 0 Å². The minimum atomic E-state index is -0.971. The molecular weight excluding hydrogens is 272 g/mol. The van der Waals surface area contributed by atoms with Crippen LogP contribution < -0.4 is 11.1 Å². The van der Waals surface area contributed by atoms with Crippen molar-refractivity contribution >= 4 is 27.6 Å². The van der Waals surface area contributed by atoms with Crippen LogP contribution in [0.2, 0.25) is 0 Å². The van der Waals surface area contributed by atoms with Crippen molar-refractivity contribution in [1.29, 1.82) is 0 Å². The largest absolute Gasteiger partial charge is 0.480 e. The number of anilines is 1. The fourth-order valence-corrected chi connectivity index (χ4v) is 1.49. The van der Waals surface area contributed by atoms with Gasteiger partial charge in [-0.2, -0.15) is 0 Å². The molecule has 0 fully saturated rings. The van der Waals surface area contributed by atoms with Gasteiger partial charge in [-0.05, 0) is 24.1 Å². The molecule has 0 aromatic heterocycles. The molecule has 1 atom stereocenters. The van der Waals surface area contributed by atoms with Crippen LogP contribution in [0.15, 0.2) is 24.3 Å². The third-order valence-electron chi connectivity index (χ3n) is 2.15. The van der Waals surface area contributed by atoms with Gasteiger partial charge in [0.05, 0.1) is 0 Å². The van der Waals surface area contributed by atoms with Gasteiger partial charge in [-0.1, -0.05) is 28.1 Å². The maximum atomic E-state index is 10.6. The number of aliphatic carboxylic acids is 1. The summed E-state index contributed by atoms with van der Waals surface area (Å²) in [6.45, 7) is 0.855. The second-order valence-electron chi connectivity index (χ2n) is 3.46. The number of alkyl halides is 1. The molecule has 1 unspecified atom stereocenters. The van der Waals surface area contributed by atoms with Crippen molar-refractivity contribution in [2.24, 2.45) is 5.73 Å². The monoisotopic (exact) mass is 286 g/mol. The highest BCUT2D eigenvalue weighted by Crippen LogP contribution is 2.10. The fourth-order valence-electron chi connectivity index (χ4n) is 1.29. The number of rotatable bonds is 6. The van der Waals surface area contributed by atoms with Gasteiger partial charge in [-0.3, -0.25) is 4.79 Å². The van der Waals surface area contributed by atoms with Crippen LogP contribution in [0.4, 0.5) is 5.69 Å². The van der Waals surface area contributed by atoms with E-state index in [1.807, 2.05) is 24.3 Å². The van der Waals surface area contributed by atoms with Crippen LogP contribution in [0, 0.1) is 0 Å². The Morgan fingerprint density at radius 3 is 2.56 bits per heavy atom. The van der Waals surface area contributed by atoms with E-state index < -0.39 is 12.0 Å². The minimum absolute atomic E-state index is 0.355. The first-order chi connectivity index (χ1) is 7.63. The topological polar surface area (TPSA) is 75.3 Å². The maximum absolute atomic E-state index is 10.6. The molecule has 5 heteroatoms. The normalized spacial score (nSPS) is 12.1. The second kappa shape index (κ2) is 6.50. The maximum Gasteiger partial charge on any atom is 0.320 e. The summed E-state index contributed by atoms with van der Waals surface area (Å²) < 4.78 is 0. The Labute approximate surface area is 103 Å². The molecule has 0 aliphatic rings. The number of halogens is 1. The Bertz CT molecular complexity index is 340. The van der Waals surface area contributed by atoms with Crippen LogP contribution in [-0.2, 0) is 11.2 Å². The smallest absolute Gasteiger partial charge is 0.320 e. The first-order valence-corrected chi connectivity index (χ1v) is 6.13. The standard InChI is InChI=1S/C11H15BrN2O2/c12-5-6-14-9-3-1-8(2-4-9)7-10(13)11(15)16/h1-4,10,14H,5-7,13H2,(H,15,16). The zero-order valence-electron chi connectivity index (χ0n) is 8.82. The lowest BCUT2D eigenvalue weighted by Gasteiger charge is -2.08. The van der Waals surface area contributed by atoms with Crippen molar-refractivity contribution in [2.45, 2.75) is 12.5 Å². The quantitative estimate of drug-likeness (QED) is 0.692. The molecule has 0 aliphatic heterocycles. The Kier molecular flexibility index (Phi) is 5.28. The molecule has 0 aliphatic carbocycles. The molecule has 16 heavy (non-hydrogen) atoms. The molecule has 0 spiro atoms. The Morgan fingerprint density at radius 1 is 1.44 bits per heavy atom. The van der Waals surface area contributed by atoms with Crippen molar-refractivity contribution in [1.82, 2.24) is 0 Å². The van der Waals surface area contributed by atoms with Crippen LogP contribution >= 0.6 is 15.9 Å². The van der Waals surface area contributed by atoms with E-state index in [0.717, 1.165) is 23.1 Å². The first-order valence-electron chi connectivity index (χ1n) is 5.00. The molecule has 1 aromatic rings. The van der Waals surface area contributed by atoms with E-state index in [-0.39, 0.29) is 0 Å². The van der Waals surface area contributed by atoms with Gasteiger partial charge in [0, 0.05) is 17.6 Å². The zero-order chi connectivity index (χ0) is 12.0. The fraction of sp³-hybridized carbons (Fsp3) is 0.364. The van der Waals surface area contributed by atoms with Gasteiger partial charge < -0.3 is 16.2 Å². The molecule has 0 saturated heterocycles. The number of hydrogen-bond acceptors (Lipinski definition) is 3. The van der Waals surface area contributed by atoms with E-state index in [9.17, 15) is 4.79 Å². The number of benzene rings is 1. The Hall–Kier alpha value is -1.07. The van der Waals surface area contributed by atoms with Crippen molar-refractivity contribution in [3.05, 3.63) is 29.8 Å². The summed E-state index contributed by atoms with van der Waals surface area (Å²) in [5.41, 5.74) is 7.40. The number of nitrogens with two attached hydrogens (primary N) is 1. The van der Waals surface area contributed by atoms with Gasteiger partial charge in [0.15, 0.2) is 0 Å². The summed E-state index contributed by atoms with van der Waals surface area (Å²) in [5.74, 6) is -0.971. The molecule has 1 aromatic carbocycles. The predicted molar refractivity (Wildman–Crippen MR) is 68.0 cm³/mol. The summed E-state index contributed by atoms with van der Waals surface area (Å²) >= 11 is 3.33. The molecule has 88 valence electrons. The molecule has 0 amide bonds. The molecule has 0 saturated carbocycles. The number of carbonyl (C=O) groups is 1. The van der Waals surface area contributed by atoms with Crippen LogP contribution in [0.1, 0.15) is 5.56 Å². The average molecular weight is 287 g/mol. The van der Waals surface area contributed by atoms with E-state index in [2.05, 4.69) is 21.2 Å². The lowest BCUT2D eigenvalue weighted by atomic mass is 10.1. The van der Waals surface area contributed by atoms with Crippen molar-refractivity contribution in [2.75, 3.05) is 17.2 Å². The van der Waals surface area contributed by atoms with E-state index in [1.54, 1.807) is 0 Å². The van der Waals surface area contributed by atoms with Crippen LogP contribution in [0.3, 0.4) is 0 Å². The summed E-state index contributed by atoms with van der Waals surface area (Å²) in [7, 11) is 0. The first kappa shape index (κ1) is 13.0. The number of hydrogen-bond donors (Lipinski definition) is 3. The molecular formula is C11H15BrN2O2. The predicted octanol–water partition coefficient (Wildman–Crippen LogP) is 1.45. The van der Waals surface area contributed by atoms with E-state index in [0.29, 0.717) is 6.42 Å². The number of nitrogens with one attached hydrogen (secondary N) is 1. The summed E-state index contributed by atoms with van der Waals surface area (Å²) in [6.07, 6.45) is 0.355. The SMILES string of the molecule is NC(Cc1ccc(NCCBr)cc1)C(=O)O. The average Bonchev–Trinajstić information content (AvgIpc) is 2.28. The summed E-state index contributed by atoms with van der Waals surface area (Å²) in [5, 5.41) is 12.8. The summed E-state index contributed by atoms with van der Waals surface area (Å²) in [4.78, 5) is 10.6. The van der Waals surface area contributed by atoms with E-state index >= 15 is 0 Å². The Balaban J connectivity index is 2.54. The van der Waals surface area contributed by atoms with Gasteiger partial charge >= 0.3 is 5.97 Å². The van der Waals surface area contributed by atoms with Crippen molar-refractivity contribution in [3.63, 3.8) is 0 Å². The summed E-state index contributed by atoms with van der Waals surface area (Å²) in [6, 6.07) is 6.79. The molecule has 4 N–H and O–H groups in total. The zero-order valence-corrected chi connectivity index (χ0v) is 10.4. The minimum Gasteiger partial charge on any atom is -0.480 e. The van der Waals surface area contributed by atoms with Crippen molar-refractivity contribution in [3.8, 4) is 0 Å². The van der Waals surface area contributed by atoms with Crippen LogP contribution in [0.5, 0.6) is 0 Å². The van der Waals surface area contributed by atoms with Gasteiger partial charge in [0.2, 0.25) is 0 Å². The Morgan fingerprint density at radius 2 is 2.06 bits per heavy atom. The second-order valence-corrected chi connectivity index (χ2v) is 4.25. The number of carboxylic acids is 1. The molecule has 0 heterocycles. The van der Waals surface area contributed by atoms with E-state index in [1.165, 1.54) is 0 Å². The highest BCUT2D eigenvalue weighted by Gasteiger charge is 2.11. The lowest BCUT2D eigenvalue weighted by Crippen LogP contribution is -2.32. The lowest BCUT2D eigenvalue weighted by molar-refractivity contribution is -0.138.